The lowest BCUT2D eigenvalue weighted by Crippen LogP contribution is -2.56. The molecule has 0 unspecified atom stereocenters. The van der Waals surface area contributed by atoms with Crippen LogP contribution < -0.4 is 0 Å². The van der Waals surface area contributed by atoms with Crippen LogP contribution in [0.5, 0.6) is 0 Å². The first kappa shape index (κ1) is 15.5. The maximum Gasteiger partial charge on any atom is 0.104 e. The second-order valence-corrected chi connectivity index (χ2v) is 7.04. The van der Waals surface area contributed by atoms with Crippen molar-refractivity contribution in [3.05, 3.63) is 21.9 Å². The second kappa shape index (κ2) is 6.73. The molecule has 1 aromatic rings. The van der Waals surface area contributed by atoms with E-state index in [1.165, 1.54) is 24.1 Å². The number of hydrogen-bond acceptors (Lipinski definition) is 4. The Bertz CT molecular complexity index is 494. The van der Waals surface area contributed by atoms with Crippen LogP contribution in [-0.4, -0.2) is 54.7 Å². The first-order valence-corrected chi connectivity index (χ1v) is 7.92. The van der Waals surface area contributed by atoms with Crippen LogP contribution in [0.2, 0.25) is 0 Å². The summed E-state index contributed by atoms with van der Waals surface area (Å²) >= 11 is 1.72. The van der Waals surface area contributed by atoms with E-state index in [0.717, 1.165) is 18.0 Å². The van der Waals surface area contributed by atoms with Gasteiger partial charge in [-0.3, -0.25) is 4.90 Å². The van der Waals surface area contributed by atoms with Crippen molar-refractivity contribution < 1.29 is 5.11 Å². The van der Waals surface area contributed by atoms with E-state index < -0.39 is 0 Å². The van der Waals surface area contributed by atoms with Crippen molar-refractivity contribution >= 4 is 11.3 Å². The fourth-order valence-corrected chi connectivity index (χ4v) is 3.78. The molecule has 0 bridgehead atoms. The van der Waals surface area contributed by atoms with Gasteiger partial charge in [0.2, 0.25) is 0 Å². The number of aliphatic hydroxyl groups is 1. The van der Waals surface area contributed by atoms with Crippen LogP contribution >= 0.6 is 11.3 Å². The van der Waals surface area contributed by atoms with Crippen molar-refractivity contribution in [1.82, 2.24) is 9.80 Å². The molecule has 0 saturated heterocycles. The highest BCUT2D eigenvalue weighted by atomic mass is 32.1. The normalized spacial score (nSPS) is 16.9. The zero-order valence-electron chi connectivity index (χ0n) is 12.6. The van der Waals surface area contributed by atoms with Crippen molar-refractivity contribution in [3.8, 4) is 11.8 Å². The van der Waals surface area contributed by atoms with Crippen LogP contribution in [0.25, 0.3) is 0 Å². The average Bonchev–Trinajstić information content (AvgIpc) is 2.78. The van der Waals surface area contributed by atoms with E-state index >= 15 is 0 Å². The molecule has 4 heteroatoms. The summed E-state index contributed by atoms with van der Waals surface area (Å²) in [5.74, 6) is 5.67. The Kier molecular flexibility index (Phi) is 5.22. The maximum atomic E-state index is 8.71. The largest absolute Gasteiger partial charge is 0.384 e. The number of likely N-dealkylation sites (N-methyl/N-ethyl adjacent to an activating group) is 2. The summed E-state index contributed by atoms with van der Waals surface area (Å²) in [5.41, 5.74) is 0.380. The molecule has 1 aliphatic rings. The molecule has 2 rings (SSSR count). The number of nitrogens with zero attached hydrogens (tertiary/aromatic N) is 2. The van der Waals surface area contributed by atoms with Crippen LogP contribution in [0, 0.1) is 11.8 Å². The molecule has 1 saturated carbocycles. The molecule has 1 aliphatic carbocycles. The average molecular weight is 292 g/mol. The molecule has 20 heavy (non-hydrogen) atoms. The van der Waals surface area contributed by atoms with Gasteiger partial charge in [-0.2, -0.15) is 0 Å². The molecule has 110 valence electrons. The predicted molar refractivity (Wildman–Crippen MR) is 84.9 cm³/mol. The lowest BCUT2D eigenvalue weighted by molar-refractivity contribution is 0.0261. The number of rotatable bonds is 5. The van der Waals surface area contributed by atoms with Crippen molar-refractivity contribution in [1.29, 1.82) is 0 Å². The van der Waals surface area contributed by atoms with Gasteiger partial charge in [-0.25, -0.2) is 0 Å². The van der Waals surface area contributed by atoms with Gasteiger partial charge in [-0.15, -0.1) is 11.3 Å². The summed E-state index contributed by atoms with van der Waals surface area (Å²) in [6.45, 7) is 2.02. The third kappa shape index (κ3) is 3.62. The minimum atomic E-state index is -0.0709. The summed E-state index contributed by atoms with van der Waals surface area (Å²) in [6, 6.07) is 4.19. The summed E-state index contributed by atoms with van der Waals surface area (Å²) in [4.78, 5) is 7.17. The van der Waals surface area contributed by atoms with Gasteiger partial charge in [0.1, 0.15) is 6.61 Å². The van der Waals surface area contributed by atoms with Gasteiger partial charge in [0.15, 0.2) is 0 Å². The monoisotopic (exact) mass is 292 g/mol. The van der Waals surface area contributed by atoms with Crippen molar-refractivity contribution in [2.24, 2.45) is 0 Å². The van der Waals surface area contributed by atoms with Crippen LogP contribution in [0.1, 0.15) is 29.0 Å². The van der Waals surface area contributed by atoms with Gasteiger partial charge >= 0.3 is 0 Å². The Morgan fingerprint density at radius 1 is 1.30 bits per heavy atom. The van der Waals surface area contributed by atoms with Crippen LogP contribution in [-0.2, 0) is 6.54 Å². The molecule has 0 spiro atoms. The van der Waals surface area contributed by atoms with Gasteiger partial charge < -0.3 is 10.0 Å². The topological polar surface area (TPSA) is 26.7 Å². The molecular weight excluding hydrogens is 268 g/mol. The summed E-state index contributed by atoms with van der Waals surface area (Å²) in [6.07, 6.45) is 3.97. The molecule has 0 atom stereocenters. The highest BCUT2D eigenvalue weighted by Gasteiger charge is 2.39. The SMILES string of the molecule is CN(Cc1ccc(C#CCO)s1)CC1(N(C)C)CCC1. The van der Waals surface area contributed by atoms with Gasteiger partial charge in [0.25, 0.3) is 0 Å². The molecule has 0 aromatic carbocycles. The van der Waals surface area contributed by atoms with E-state index in [2.05, 4.69) is 48.9 Å². The molecule has 0 aliphatic heterocycles. The number of aliphatic hydroxyl groups excluding tert-OH is 1. The Morgan fingerprint density at radius 3 is 2.60 bits per heavy atom. The highest BCUT2D eigenvalue weighted by molar-refractivity contribution is 7.12. The third-order valence-electron chi connectivity index (χ3n) is 4.18. The Hall–Kier alpha value is -0.860. The predicted octanol–water partition coefficient (Wildman–Crippen LogP) is 2.01. The van der Waals surface area contributed by atoms with Crippen molar-refractivity contribution in [2.45, 2.75) is 31.3 Å². The summed E-state index contributed by atoms with van der Waals surface area (Å²) < 4.78 is 0. The molecular formula is C16H24N2OS. The van der Waals surface area contributed by atoms with E-state index in [9.17, 15) is 0 Å². The molecule has 3 nitrogen and oxygen atoms in total. The fourth-order valence-electron chi connectivity index (χ4n) is 2.81. The zero-order chi connectivity index (χ0) is 14.6. The first-order chi connectivity index (χ1) is 9.55. The standard InChI is InChI=1S/C16H24N2OS/c1-17(2)16(9-5-10-16)13-18(3)12-15-8-7-14(20-15)6-4-11-19/h7-8,19H,5,9-13H2,1-3H3. The molecule has 1 fully saturated rings. The summed E-state index contributed by atoms with van der Waals surface area (Å²) in [5, 5.41) is 8.71. The second-order valence-electron chi connectivity index (χ2n) is 5.87. The van der Waals surface area contributed by atoms with Crippen LogP contribution in [0.15, 0.2) is 12.1 Å². The number of hydrogen-bond donors (Lipinski definition) is 1. The van der Waals surface area contributed by atoms with E-state index in [4.69, 9.17) is 5.11 Å². The number of thiophene rings is 1. The third-order valence-corrected chi connectivity index (χ3v) is 5.16. The van der Waals surface area contributed by atoms with Crippen molar-refractivity contribution in [2.75, 3.05) is 34.3 Å². The van der Waals surface area contributed by atoms with E-state index in [1.54, 1.807) is 11.3 Å². The Morgan fingerprint density at radius 2 is 2.05 bits per heavy atom. The molecule has 1 N–H and O–H groups in total. The molecule has 1 heterocycles. The lowest BCUT2D eigenvalue weighted by Gasteiger charge is -2.49. The fraction of sp³-hybridized carbons (Fsp3) is 0.625. The minimum Gasteiger partial charge on any atom is -0.384 e. The Balaban J connectivity index is 1.91. The van der Waals surface area contributed by atoms with Crippen LogP contribution in [0.4, 0.5) is 0 Å². The van der Waals surface area contributed by atoms with Gasteiger partial charge in [-0.05, 0) is 52.5 Å². The van der Waals surface area contributed by atoms with E-state index in [1.807, 2.05) is 6.07 Å². The van der Waals surface area contributed by atoms with Gasteiger partial charge in [0, 0.05) is 23.5 Å². The van der Waals surface area contributed by atoms with E-state index in [-0.39, 0.29) is 6.61 Å². The summed E-state index contributed by atoms with van der Waals surface area (Å²) in [7, 11) is 6.59. The molecule has 1 aromatic heterocycles. The van der Waals surface area contributed by atoms with Gasteiger partial charge in [0.05, 0.1) is 4.88 Å². The minimum absolute atomic E-state index is 0.0709. The maximum absolute atomic E-state index is 8.71. The molecule has 0 amide bonds. The van der Waals surface area contributed by atoms with Crippen molar-refractivity contribution in [3.63, 3.8) is 0 Å². The molecule has 0 radical (unpaired) electrons. The van der Waals surface area contributed by atoms with Gasteiger partial charge in [-0.1, -0.05) is 11.8 Å². The highest BCUT2D eigenvalue weighted by Crippen LogP contribution is 2.36. The first-order valence-electron chi connectivity index (χ1n) is 7.10. The smallest absolute Gasteiger partial charge is 0.104 e. The Labute approximate surface area is 126 Å². The lowest BCUT2D eigenvalue weighted by atomic mass is 9.75. The quantitative estimate of drug-likeness (QED) is 0.841. The zero-order valence-corrected chi connectivity index (χ0v) is 13.5. The van der Waals surface area contributed by atoms with Crippen LogP contribution in [0.3, 0.4) is 0 Å². The van der Waals surface area contributed by atoms with E-state index in [0.29, 0.717) is 5.54 Å².